The molecule has 336 valence electrons. The first-order valence-electron chi connectivity index (χ1n) is 21.7. The third kappa shape index (κ3) is 13.0. The van der Waals surface area contributed by atoms with Crippen LogP contribution in [-0.4, -0.2) is 67.9 Å². The van der Waals surface area contributed by atoms with Gasteiger partial charge in [0.2, 0.25) is 0 Å². The van der Waals surface area contributed by atoms with Gasteiger partial charge in [-0.25, -0.2) is 4.98 Å². The number of rotatable bonds is 23. The molecule has 5 atom stereocenters. The van der Waals surface area contributed by atoms with E-state index in [4.69, 9.17) is 37.2 Å². The first-order valence-corrected chi connectivity index (χ1v) is 27.7. The highest BCUT2D eigenvalue weighted by molar-refractivity contribution is 14.1. The molecule has 4 aromatic rings. The van der Waals surface area contributed by atoms with Crippen molar-refractivity contribution in [3.05, 3.63) is 118 Å². The van der Waals surface area contributed by atoms with Gasteiger partial charge in [-0.05, 0) is 61.7 Å². The van der Waals surface area contributed by atoms with Crippen LogP contribution in [0.3, 0.4) is 0 Å². The van der Waals surface area contributed by atoms with Crippen molar-refractivity contribution in [2.45, 2.75) is 136 Å². The summed E-state index contributed by atoms with van der Waals surface area (Å²) in [5, 5.41) is 2.34. The number of ether oxygens (including phenoxy) is 4. The molecular weight excluding hydrogens is 910 g/mol. The number of nitrogens with zero attached hydrogens (tertiary/aromatic N) is 1. The highest BCUT2D eigenvalue weighted by Crippen LogP contribution is 2.44. The third-order valence-electron chi connectivity index (χ3n) is 12.9. The minimum absolute atomic E-state index is 0.0304. The van der Waals surface area contributed by atoms with Crippen LogP contribution in [-0.2, 0) is 36.1 Å². The van der Waals surface area contributed by atoms with E-state index in [2.05, 4.69) is 177 Å². The van der Waals surface area contributed by atoms with Crippen molar-refractivity contribution in [3.8, 4) is 5.75 Å². The summed E-state index contributed by atoms with van der Waals surface area (Å²) in [6.07, 6.45) is 4.63. The van der Waals surface area contributed by atoms with E-state index < -0.39 is 22.0 Å². The zero-order valence-electron chi connectivity index (χ0n) is 39.4. The summed E-state index contributed by atoms with van der Waals surface area (Å²) >= 11 is 2.23. The van der Waals surface area contributed by atoms with E-state index in [1.165, 1.54) is 10.4 Å². The van der Waals surface area contributed by atoms with E-state index in [-0.39, 0.29) is 40.4 Å². The Morgan fingerprint density at radius 3 is 1.85 bits per heavy atom. The lowest BCUT2D eigenvalue weighted by Crippen LogP contribution is -2.67. The summed E-state index contributed by atoms with van der Waals surface area (Å²) in [5.74, 6) is 1.46. The Bertz CT molecular complexity index is 1870. The predicted molar refractivity (Wildman–Crippen MR) is 263 cm³/mol. The Morgan fingerprint density at radius 1 is 0.770 bits per heavy atom. The number of methoxy groups -OCH3 is 3. The molecule has 0 fully saturated rings. The predicted octanol–water partition coefficient (Wildman–Crippen LogP) is 11.9. The number of hydrogen-bond acceptors (Lipinski definition) is 8. The molecule has 4 rings (SSSR count). The lowest BCUT2D eigenvalue weighted by atomic mass is 9.76. The van der Waals surface area contributed by atoms with Gasteiger partial charge in [-0.1, -0.05) is 164 Å². The lowest BCUT2D eigenvalue weighted by Gasteiger charge is -2.47. The Kier molecular flexibility index (Phi) is 18.7. The van der Waals surface area contributed by atoms with Gasteiger partial charge in [-0.2, -0.15) is 0 Å². The van der Waals surface area contributed by atoms with Crippen molar-refractivity contribution in [1.82, 2.24) is 4.98 Å². The molecule has 0 bridgehead atoms. The van der Waals surface area contributed by atoms with Crippen molar-refractivity contribution in [1.29, 1.82) is 0 Å². The minimum Gasteiger partial charge on any atom is -0.497 e. The second-order valence-electron chi connectivity index (χ2n) is 19.5. The van der Waals surface area contributed by atoms with Crippen molar-refractivity contribution in [2.24, 2.45) is 11.3 Å². The van der Waals surface area contributed by atoms with E-state index in [1.807, 2.05) is 23.3 Å². The maximum atomic E-state index is 7.47. The number of oxazole rings is 1. The molecule has 0 saturated heterocycles. The van der Waals surface area contributed by atoms with Gasteiger partial charge in [-0.15, -0.1) is 0 Å². The molecule has 8 nitrogen and oxygen atoms in total. The SMILES string of the molecule is COc1ccc(CO[C@@H](C[C@H](OC)[C@@H](C)CO[Si](c2ccccc2)(c2ccccc2)C(C)(C)C)C(C)(C)[C@H](Cc2nc([C@H](C/C=C/I)OC)co2)O[Si](C)(C)C(C)(C)C)cc1. The number of halogens is 1. The van der Waals surface area contributed by atoms with Gasteiger partial charge < -0.3 is 32.2 Å². The molecule has 61 heavy (non-hydrogen) atoms. The van der Waals surface area contributed by atoms with Gasteiger partial charge in [0.15, 0.2) is 14.2 Å². The van der Waals surface area contributed by atoms with Gasteiger partial charge in [-0.3, -0.25) is 0 Å². The molecule has 1 aromatic heterocycles. The fourth-order valence-corrected chi connectivity index (χ4v) is 14.3. The Morgan fingerprint density at radius 2 is 1.36 bits per heavy atom. The van der Waals surface area contributed by atoms with E-state index in [0.717, 1.165) is 17.0 Å². The number of benzene rings is 3. The molecule has 0 saturated carbocycles. The highest BCUT2D eigenvalue weighted by atomic mass is 127. The maximum Gasteiger partial charge on any atom is 0.261 e. The van der Waals surface area contributed by atoms with Gasteiger partial charge in [0.25, 0.3) is 8.32 Å². The molecule has 0 aliphatic heterocycles. The second-order valence-corrected chi connectivity index (χ2v) is 29.3. The normalized spacial score (nSPS) is 15.7. The Balaban J connectivity index is 1.74. The molecule has 0 spiro atoms. The van der Waals surface area contributed by atoms with Gasteiger partial charge in [0.1, 0.15) is 23.8 Å². The van der Waals surface area contributed by atoms with Crippen LogP contribution < -0.4 is 15.1 Å². The van der Waals surface area contributed by atoms with Crippen molar-refractivity contribution >= 4 is 49.6 Å². The van der Waals surface area contributed by atoms with Crippen LogP contribution in [0.5, 0.6) is 5.75 Å². The van der Waals surface area contributed by atoms with Gasteiger partial charge in [0.05, 0.1) is 32.0 Å². The first kappa shape index (κ1) is 51.0. The van der Waals surface area contributed by atoms with Crippen molar-refractivity contribution in [2.75, 3.05) is 27.9 Å². The second kappa shape index (κ2) is 22.3. The van der Waals surface area contributed by atoms with Crippen LogP contribution in [0.25, 0.3) is 0 Å². The van der Waals surface area contributed by atoms with Gasteiger partial charge in [0, 0.05) is 45.0 Å². The Labute approximate surface area is 383 Å². The zero-order valence-corrected chi connectivity index (χ0v) is 43.6. The summed E-state index contributed by atoms with van der Waals surface area (Å²) in [4.78, 5) is 4.99. The van der Waals surface area contributed by atoms with Crippen LogP contribution in [0.15, 0.2) is 106 Å². The van der Waals surface area contributed by atoms with Crippen molar-refractivity contribution < 1.29 is 32.2 Å². The standard InChI is InChI=1S/C50H74INO7Si2/c1-37(34-58-61(49(5,6)7,40-22-17-15-18-23-40)41-24-19-16-20-25-41)44(55-12)32-45(56-35-38-27-29-39(53-10)30-28-38)50(8,9)46(59-60(13,14)48(2,3)4)33-47-52-42(36-57-47)43(54-11)26-21-31-51/h15-25,27-31,36-37,43-46H,26,32-35H2,1-14H3/b31-21+/t37-,43-,44-,45-,46-/m0/s1. The molecule has 0 N–H and O–H groups in total. The molecule has 3 aromatic carbocycles. The molecule has 0 unspecified atom stereocenters. The van der Waals surface area contributed by atoms with E-state index >= 15 is 0 Å². The van der Waals surface area contributed by atoms with Crippen LogP contribution in [0.1, 0.15) is 98.4 Å². The van der Waals surface area contributed by atoms with Crippen LogP contribution in [0.4, 0.5) is 0 Å². The summed E-state index contributed by atoms with van der Waals surface area (Å²) in [6, 6.07) is 29.7. The fourth-order valence-electron chi connectivity index (χ4n) is 7.84. The largest absolute Gasteiger partial charge is 0.497 e. The first-order chi connectivity index (χ1) is 28.7. The molecule has 0 radical (unpaired) electrons. The molecule has 1 heterocycles. The minimum atomic E-state index is -2.78. The van der Waals surface area contributed by atoms with Crippen molar-refractivity contribution in [3.63, 3.8) is 0 Å². The maximum absolute atomic E-state index is 7.47. The van der Waals surface area contributed by atoms with E-state index in [9.17, 15) is 0 Å². The average Bonchev–Trinajstić information content (AvgIpc) is 3.69. The number of hydrogen-bond donors (Lipinski definition) is 0. The zero-order chi connectivity index (χ0) is 45.1. The van der Waals surface area contributed by atoms with Crippen LogP contribution >= 0.6 is 22.6 Å². The topological polar surface area (TPSA) is 81.4 Å². The monoisotopic (exact) mass is 983 g/mol. The molecule has 11 heteroatoms. The molecular formula is C50H74INO7Si2. The van der Waals surface area contributed by atoms with Gasteiger partial charge >= 0.3 is 0 Å². The number of aromatic nitrogens is 1. The summed E-state index contributed by atoms with van der Waals surface area (Å²) in [7, 11) is 0.111. The van der Waals surface area contributed by atoms with E-state index in [1.54, 1.807) is 20.5 Å². The summed E-state index contributed by atoms with van der Waals surface area (Å²) in [6.45, 7) is 26.1. The smallest absolute Gasteiger partial charge is 0.261 e. The molecule has 0 amide bonds. The summed E-state index contributed by atoms with van der Waals surface area (Å²) in [5.41, 5.74) is 1.30. The highest BCUT2D eigenvalue weighted by Gasteiger charge is 2.51. The summed E-state index contributed by atoms with van der Waals surface area (Å²) < 4.78 is 48.0. The quantitative estimate of drug-likeness (QED) is 0.0537. The van der Waals surface area contributed by atoms with Crippen LogP contribution in [0.2, 0.25) is 23.2 Å². The fraction of sp³-hybridized carbons (Fsp3) is 0.540. The molecule has 0 aliphatic carbocycles. The van der Waals surface area contributed by atoms with E-state index in [0.29, 0.717) is 38.4 Å². The Hall–Kier alpha value is -2.63. The average molecular weight is 984 g/mol. The molecule has 0 aliphatic rings. The lowest BCUT2D eigenvalue weighted by molar-refractivity contribution is -0.115. The third-order valence-corrected chi connectivity index (χ3v) is 22.9. The van der Waals surface area contributed by atoms with Crippen LogP contribution in [0, 0.1) is 11.3 Å².